The third-order valence-electron chi connectivity index (χ3n) is 4.00. The van der Waals surface area contributed by atoms with Gasteiger partial charge in [0.15, 0.2) is 5.96 Å². The van der Waals surface area contributed by atoms with Gasteiger partial charge in [-0.3, -0.25) is 4.99 Å². The van der Waals surface area contributed by atoms with Crippen molar-refractivity contribution in [1.29, 1.82) is 0 Å². The minimum Gasteiger partial charge on any atom is -0.373 e. The van der Waals surface area contributed by atoms with Gasteiger partial charge in [-0.15, -0.1) is 0 Å². The van der Waals surface area contributed by atoms with Gasteiger partial charge in [-0.05, 0) is 37.0 Å². The first-order valence-electron chi connectivity index (χ1n) is 7.11. The van der Waals surface area contributed by atoms with Gasteiger partial charge in [0, 0.05) is 13.6 Å². The molecule has 0 radical (unpaired) electrons. The fourth-order valence-corrected chi connectivity index (χ4v) is 2.99. The predicted octanol–water partition coefficient (Wildman–Crippen LogP) is 1.81. The van der Waals surface area contributed by atoms with E-state index in [-0.39, 0.29) is 5.82 Å². The highest BCUT2D eigenvalue weighted by Gasteiger charge is 2.41. The second kappa shape index (κ2) is 5.79. The number of nitrogens with one attached hydrogen (secondary N) is 2. The Morgan fingerprint density at radius 3 is 3.00 bits per heavy atom. The molecule has 0 amide bonds. The zero-order valence-electron chi connectivity index (χ0n) is 11.6. The number of halogens is 1. The Morgan fingerprint density at radius 1 is 1.45 bits per heavy atom. The van der Waals surface area contributed by atoms with Crippen molar-refractivity contribution in [2.75, 3.05) is 7.05 Å². The summed E-state index contributed by atoms with van der Waals surface area (Å²) >= 11 is 0. The molecule has 4 nitrogen and oxygen atoms in total. The largest absolute Gasteiger partial charge is 0.373 e. The predicted molar refractivity (Wildman–Crippen MR) is 76.0 cm³/mol. The summed E-state index contributed by atoms with van der Waals surface area (Å²) in [5, 5.41) is 6.62. The lowest BCUT2D eigenvalue weighted by Gasteiger charge is -2.22. The summed E-state index contributed by atoms with van der Waals surface area (Å²) in [5.74, 6) is 0.532. The van der Waals surface area contributed by atoms with E-state index in [0.29, 0.717) is 24.8 Å². The number of hydrogen-bond acceptors (Lipinski definition) is 2. The first-order valence-corrected chi connectivity index (χ1v) is 7.11. The van der Waals surface area contributed by atoms with Crippen LogP contribution in [0.3, 0.4) is 0 Å². The molecule has 2 heterocycles. The van der Waals surface area contributed by atoms with Crippen molar-refractivity contribution in [2.45, 2.75) is 44.1 Å². The van der Waals surface area contributed by atoms with Gasteiger partial charge in [0.1, 0.15) is 5.82 Å². The van der Waals surface area contributed by atoms with Crippen molar-refractivity contribution in [3.05, 3.63) is 35.6 Å². The molecule has 2 aliphatic rings. The summed E-state index contributed by atoms with van der Waals surface area (Å²) in [6.45, 7) is 0.555. The summed E-state index contributed by atoms with van der Waals surface area (Å²) in [5.41, 5.74) is 0.900. The van der Waals surface area contributed by atoms with E-state index < -0.39 is 0 Å². The number of guanidine groups is 1. The van der Waals surface area contributed by atoms with Gasteiger partial charge < -0.3 is 15.4 Å². The first-order chi connectivity index (χ1) is 9.74. The molecule has 3 rings (SSSR count). The SMILES string of the molecule is CN=C(NCc1cccc(F)c1)NC1CC2CCC1O2. The lowest BCUT2D eigenvalue weighted by atomic mass is 9.96. The number of nitrogens with zero attached hydrogens (tertiary/aromatic N) is 1. The second-order valence-electron chi connectivity index (χ2n) is 5.42. The molecular weight excluding hydrogens is 257 g/mol. The maximum Gasteiger partial charge on any atom is 0.191 e. The van der Waals surface area contributed by atoms with Crippen LogP contribution in [0.1, 0.15) is 24.8 Å². The Hall–Kier alpha value is -1.62. The van der Waals surface area contributed by atoms with Crippen molar-refractivity contribution in [1.82, 2.24) is 10.6 Å². The average molecular weight is 277 g/mol. The maximum absolute atomic E-state index is 13.1. The van der Waals surface area contributed by atoms with Gasteiger partial charge in [-0.25, -0.2) is 4.39 Å². The van der Waals surface area contributed by atoms with Crippen molar-refractivity contribution in [3.8, 4) is 0 Å². The quantitative estimate of drug-likeness (QED) is 0.654. The molecule has 108 valence electrons. The molecule has 3 atom stereocenters. The van der Waals surface area contributed by atoms with E-state index in [9.17, 15) is 4.39 Å². The van der Waals surface area contributed by atoms with Gasteiger partial charge in [0.25, 0.3) is 0 Å². The Balaban J connectivity index is 1.53. The highest BCUT2D eigenvalue weighted by molar-refractivity contribution is 5.80. The van der Waals surface area contributed by atoms with Gasteiger partial charge in [0.2, 0.25) is 0 Å². The van der Waals surface area contributed by atoms with Crippen LogP contribution in [-0.4, -0.2) is 31.3 Å². The molecule has 5 heteroatoms. The van der Waals surface area contributed by atoms with Gasteiger partial charge in [-0.1, -0.05) is 12.1 Å². The van der Waals surface area contributed by atoms with Crippen LogP contribution in [-0.2, 0) is 11.3 Å². The van der Waals surface area contributed by atoms with Crippen LogP contribution >= 0.6 is 0 Å². The molecule has 2 aliphatic heterocycles. The van der Waals surface area contributed by atoms with Crippen LogP contribution in [0.15, 0.2) is 29.3 Å². The Kier molecular flexibility index (Phi) is 3.87. The van der Waals surface area contributed by atoms with Crippen LogP contribution in [0.2, 0.25) is 0 Å². The summed E-state index contributed by atoms with van der Waals surface area (Å²) in [6.07, 6.45) is 4.08. The third kappa shape index (κ3) is 2.93. The zero-order chi connectivity index (χ0) is 13.9. The summed E-state index contributed by atoms with van der Waals surface area (Å²) in [6, 6.07) is 6.92. The normalized spacial score (nSPS) is 28.7. The molecule has 0 spiro atoms. The van der Waals surface area contributed by atoms with Crippen molar-refractivity contribution < 1.29 is 9.13 Å². The van der Waals surface area contributed by atoms with Crippen LogP contribution in [0.5, 0.6) is 0 Å². The molecule has 0 saturated carbocycles. The molecule has 20 heavy (non-hydrogen) atoms. The van der Waals surface area contributed by atoms with Gasteiger partial charge in [-0.2, -0.15) is 0 Å². The lowest BCUT2D eigenvalue weighted by molar-refractivity contribution is 0.0992. The van der Waals surface area contributed by atoms with E-state index in [1.807, 2.05) is 6.07 Å². The van der Waals surface area contributed by atoms with E-state index in [1.165, 1.54) is 18.6 Å². The Morgan fingerprint density at radius 2 is 2.35 bits per heavy atom. The lowest BCUT2D eigenvalue weighted by Crippen LogP contribution is -2.47. The number of rotatable bonds is 3. The minimum absolute atomic E-state index is 0.214. The smallest absolute Gasteiger partial charge is 0.191 e. The van der Waals surface area contributed by atoms with Gasteiger partial charge >= 0.3 is 0 Å². The Labute approximate surface area is 118 Å². The molecule has 2 saturated heterocycles. The molecule has 2 fully saturated rings. The highest BCUT2D eigenvalue weighted by atomic mass is 19.1. The minimum atomic E-state index is -0.214. The molecule has 0 aliphatic carbocycles. The molecule has 2 bridgehead atoms. The number of ether oxygens (including phenoxy) is 1. The van der Waals surface area contributed by atoms with Crippen LogP contribution < -0.4 is 10.6 Å². The molecule has 3 unspecified atom stereocenters. The van der Waals surface area contributed by atoms with Gasteiger partial charge in [0.05, 0.1) is 18.2 Å². The fourth-order valence-electron chi connectivity index (χ4n) is 2.99. The monoisotopic (exact) mass is 277 g/mol. The van der Waals surface area contributed by atoms with E-state index >= 15 is 0 Å². The number of benzene rings is 1. The standard InChI is InChI=1S/C15H20FN3O/c1-17-15(18-9-10-3-2-4-11(16)7-10)19-13-8-12-5-6-14(13)20-12/h2-4,7,12-14H,5-6,8-9H2,1H3,(H2,17,18,19). The van der Waals surface area contributed by atoms with E-state index in [1.54, 1.807) is 13.1 Å². The highest BCUT2D eigenvalue weighted by Crippen LogP contribution is 2.34. The van der Waals surface area contributed by atoms with Crippen molar-refractivity contribution in [3.63, 3.8) is 0 Å². The molecule has 2 N–H and O–H groups in total. The molecule has 1 aromatic carbocycles. The Bertz CT molecular complexity index is 506. The first kappa shape index (κ1) is 13.4. The van der Waals surface area contributed by atoms with E-state index in [4.69, 9.17) is 4.74 Å². The van der Waals surface area contributed by atoms with Crippen LogP contribution in [0.4, 0.5) is 4.39 Å². The average Bonchev–Trinajstić information content (AvgIpc) is 3.06. The molecule has 0 aromatic heterocycles. The summed E-state index contributed by atoms with van der Waals surface area (Å²) < 4.78 is 18.9. The second-order valence-corrected chi connectivity index (χ2v) is 5.42. The zero-order valence-corrected chi connectivity index (χ0v) is 11.6. The maximum atomic E-state index is 13.1. The van der Waals surface area contributed by atoms with Crippen LogP contribution in [0, 0.1) is 5.82 Å². The summed E-state index contributed by atoms with van der Waals surface area (Å²) in [4.78, 5) is 4.22. The fraction of sp³-hybridized carbons (Fsp3) is 0.533. The number of hydrogen-bond donors (Lipinski definition) is 2. The van der Waals surface area contributed by atoms with Crippen molar-refractivity contribution >= 4 is 5.96 Å². The van der Waals surface area contributed by atoms with E-state index in [2.05, 4.69) is 15.6 Å². The summed E-state index contributed by atoms with van der Waals surface area (Å²) in [7, 11) is 1.75. The third-order valence-corrected chi connectivity index (χ3v) is 4.00. The van der Waals surface area contributed by atoms with E-state index in [0.717, 1.165) is 24.4 Å². The topological polar surface area (TPSA) is 45.7 Å². The molecule has 1 aromatic rings. The van der Waals surface area contributed by atoms with Crippen molar-refractivity contribution in [2.24, 2.45) is 4.99 Å². The molecular formula is C15H20FN3O. The number of fused-ring (bicyclic) bond motifs is 2. The van der Waals surface area contributed by atoms with Crippen LogP contribution in [0.25, 0.3) is 0 Å². The number of aliphatic imine (C=N–C) groups is 1.